The third kappa shape index (κ3) is 4.13. The lowest BCUT2D eigenvalue weighted by Gasteiger charge is -2.23. The maximum Gasteiger partial charge on any atom is 0.255 e. The summed E-state index contributed by atoms with van der Waals surface area (Å²) in [6, 6.07) is 2.18. The molecule has 5 heteroatoms. The van der Waals surface area contributed by atoms with Gasteiger partial charge < -0.3 is 10.6 Å². The number of nitrogens with zero attached hydrogens (tertiary/aromatic N) is 1. The lowest BCUT2D eigenvalue weighted by Crippen LogP contribution is -2.37. The van der Waals surface area contributed by atoms with E-state index in [2.05, 4.69) is 22.5 Å². The van der Waals surface area contributed by atoms with Crippen LogP contribution in [0.5, 0.6) is 0 Å². The number of carbonyl (C=O) groups is 1. The van der Waals surface area contributed by atoms with Crippen molar-refractivity contribution in [2.75, 3.05) is 23.4 Å². The minimum Gasteiger partial charge on any atom is -0.384 e. The maximum atomic E-state index is 12.3. The molecule has 0 bridgehead atoms. The van der Waals surface area contributed by atoms with Crippen LogP contribution in [0.2, 0.25) is 0 Å². The quantitative estimate of drug-likeness (QED) is 0.869. The summed E-state index contributed by atoms with van der Waals surface area (Å²) in [4.78, 5) is 16.4. The number of anilines is 1. The van der Waals surface area contributed by atoms with E-state index in [9.17, 15) is 4.79 Å². The Labute approximate surface area is 118 Å². The minimum absolute atomic E-state index is 0.0106. The van der Waals surface area contributed by atoms with Gasteiger partial charge in [0.1, 0.15) is 0 Å². The Morgan fingerprint density at radius 1 is 1.47 bits per heavy atom. The molecule has 1 saturated heterocycles. The second kappa shape index (κ2) is 7.38. The highest BCUT2D eigenvalue weighted by Gasteiger charge is 2.18. The van der Waals surface area contributed by atoms with E-state index >= 15 is 0 Å². The van der Waals surface area contributed by atoms with Gasteiger partial charge in [-0.3, -0.25) is 9.78 Å². The molecule has 4 nitrogen and oxygen atoms in total. The van der Waals surface area contributed by atoms with Crippen molar-refractivity contribution in [2.45, 2.75) is 32.2 Å². The number of nitrogens with one attached hydrogen (secondary N) is 2. The summed E-state index contributed by atoms with van der Waals surface area (Å²) >= 11 is 1.96. The molecule has 1 aliphatic heterocycles. The molecule has 2 rings (SSSR count). The van der Waals surface area contributed by atoms with Crippen LogP contribution < -0.4 is 10.6 Å². The zero-order valence-electron chi connectivity index (χ0n) is 11.3. The molecular formula is C14H21N3OS. The number of thioether (sulfide) groups is 1. The fourth-order valence-corrected chi connectivity index (χ4v) is 3.20. The van der Waals surface area contributed by atoms with Crippen LogP contribution >= 0.6 is 11.8 Å². The smallest absolute Gasteiger partial charge is 0.255 e. The van der Waals surface area contributed by atoms with Crippen LogP contribution in [0, 0.1) is 0 Å². The van der Waals surface area contributed by atoms with Crippen LogP contribution in [0.1, 0.15) is 36.5 Å². The van der Waals surface area contributed by atoms with E-state index in [0.717, 1.165) is 43.0 Å². The number of hydrogen-bond acceptors (Lipinski definition) is 4. The average molecular weight is 279 g/mol. The van der Waals surface area contributed by atoms with Gasteiger partial charge in [-0.05, 0) is 36.8 Å². The highest BCUT2D eigenvalue weighted by Crippen LogP contribution is 2.19. The van der Waals surface area contributed by atoms with Crippen molar-refractivity contribution < 1.29 is 4.79 Å². The number of pyridine rings is 1. The molecule has 0 atom stereocenters. The third-order valence-electron chi connectivity index (χ3n) is 3.19. The summed E-state index contributed by atoms with van der Waals surface area (Å²) in [6.07, 6.45) is 6.52. The SMILES string of the molecule is CCCNc1ccncc1C(=O)NC1CCSCC1. The Kier molecular flexibility index (Phi) is 5.51. The van der Waals surface area contributed by atoms with Gasteiger partial charge in [-0.1, -0.05) is 6.92 Å². The standard InChI is InChI=1S/C14H21N3OS/c1-2-6-16-13-3-7-15-10-12(13)14(18)17-11-4-8-19-9-5-11/h3,7,10-11H,2,4-6,8-9H2,1H3,(H,15,16)(H,17,18). The molecule has 1 aromatic heterocycles. The van der Waals surface area contributed by atoms with Crippen LogP contribution in [-0.2, 0) is 0 Å². The fraction of sp³-hybridized carbons (Fsp3) is 0.571. The zero-order valence-corrected chi connectivity index (χ0v) is 12.1. The Bertz CT molecular complexity index is 419. The molecule has 0 aromatic carbocycles. The normalized spacial score (nSPS) is 16.1. The molecule has 19 heavy (non-hydrogen) atoms. The van der Waals surface area contributed by atoms with Gasteiger partial charge in [0, 0.05) is 25.0 Å². The van der Waals surface area contributed by atoms with Gasteiger partial charge in [-0.15, -0.1) is 0 Å². The summed E-state index contributed by atoms with van der Waals surface area (Å²) in [7, 11) is 0. The number of amides is 1. The van der Waals surface area contributed by atoms with Gasteiger partial charge in [0.2, 0.25) is 0 Å². The molecule has 104 valence electrons. The first kappa shape index (κ1) is 14.2. The Balaban J connectivity index is 2.00. The summed E-state index contributed by atoms with van der Waals surface area (Å²) < 4.78 is 0. The number of hydrogen-bond donors (Lipinski definition) is 2. The molecule has 0 radical (unpaired) electrons. The van der Waals surface area contributed by atoms with E-state index in [1.165, 1.54) is 0 Å². The van der Waals surface area contributed by atoms with Crippen molar-refractivity contribution >= 4 is 23.4 Å². The van der Waals surface area contributed by atoms with Crippen molar-refractivity contribution in [3.8, 4) is 0 Å². The van der Waals surface area contributed by atoms with Crippen molar-refractivity contribution in [3.05, 3.63) is 24.0 Å². The van der Waals surface area contributed by atoms with E-state index < -0.39 is 0 Å². The van der Waals surface area contributed by atoms with Gasteiger partial charge >= 0.3 is 0 Å². The first-order chi connectivity index (χ1) is 9.31. The maximum absolute atomic E-state index is 12.3. The molecule has 0 aliphatic carbocycles. The topological polar surface area (TPSA) is 54.0 Å². The first-order valence-electron chi connectivity index (χ1n) is 6.87. The van der Waals surface area contributed by atoms with E-state index in [0.29, 0.717) is 11.6 Å². The summed E-state index contributed by atoms with van der Waals surface area (Å²) in [5.74, 6) is 2.27. The van der Waals surface area contributed by atoms with Gasteiger partial charge in [0.25, 0.3) is 5.91 Å². The van der Waals surface area contributed by atoms with Crippen molar-refractivity contribution in [1.29, 1.82) is 0 Å². The summed E-state index contributed by atoms with van der Waals surface area (Å²) in [5, 5.41) is 6.40. The second-order valence-electron chi connectivity index (χ2n) is 4.71. The predicted octanol–water partition coefficient (Wildman–Crippen LogP) is 2.53. The van der Waals surface area contributed by atoms with E-state index in [1.54, 1.807) is 12.4 Å². The average Bonchev–Trinajstić information content (AvgIpc) is 2.46. The number of rotatable bonds is 5. The molecule has 0 spiro atoms. The molecule has 1 aliphatic rings. The zero-order chi connectivity index (χ0) is 13.5. The van der Waals surface area contributed by atoms with Crippen molar-refractivity contribution in [1.82, 2.24) is 10.3 Å². The first-order valence-corrected chi connectivity index (χ1v) is 8.03. The molecule has 2 N–H and O–H groups in total. The lowest BCUT2D eigenvalue weighted by molar-refractivity contribution is 0.0935. The Morgan fingerprint density at radius 3 is 3.00 bits per heavy atom. The number of carbonyl (C=O) groups excluding carboxylic acids is 1. The monoisotopic (exact) mass is 279 g/mol. The lowest BCUT2D eigenvalue weighted by atomic mass is 10.1. The van der Waals surface area contributed by atoms with Crippen LogP contribution in [0.4, 0.5) is 5.69 Å². The van der Waals surface area contributed by atoms with Gasteiger partial charge in [-0.25, -0.2) is 0 Å². The molecule has 1 aromatic rings. The van der Waals surface area contributed by atoms with Crippen LogP contribution in [0.15, 0.2) is 18.5 Å². The largest absolute Gasteiger partial charge is 0.384 e. The molecular weight excluding hydrogens is 258 g/mol. The highest BCUT2D eigenvalue weighted by molar-refractivity contribution is 7.99. The predicted molar refractivity (Wildman–Crippen MR) is 80.8 cm³/mol. The van der Waals surface area contributed by atoms with Crippen LogP contribution in [0.25, 0.3) is 0 Å². The van der Waals surface area contributed by atoms with E-state index in [4.69, 9.17) is 0 Å². The van der Waals surface area contributed by atoms with Gasteiger partial charge in [-0.2, -0.15) is 11.8 Å². The molecule has 2 heterocycles. The summed E-state index contributed by atoms with van der Waals surface area (Å²) in [5.41, 5.74) is 1.52. The Morgan fingerprint density at radius 2 is 2.26 bits per heavy atom. The molecule has 0 saturated carbocycles. The second-order valence-corrected chi connectivity index (χ2v) is 5.93. The Hall–Kier alpha value is -1.23. The van der Waals surface area contributed by atoms with Crippen molar-refractivity contribution in [3.63, 3.8) is 0 Å². The van der Waals surface area contributed by atoms with E-state index in [1.807, 2.05) is 17.8 Å². The highest BCUT2D eigenvalue weighted by atomic mass is 32.2. The van der Waals surface area contributed by atoms with Gasteiger partial charge in [0.05, 0.1) is 11.3 Å². The molecule has 0 unspecified atom stereocenters. The minimum atomic E-state index is -0.0106. The molecule has 1 amide bonds. The third-order valence-corrected chi connectivity index (χ3v) is 4.24. The van der Waals surface area contributed by atoms with Crippen molar-refractivity contribution in [2.24, 2.45) is 0 Å². The summed E-state index contributed by atoms with van der Waals surface area (Å²) in [6.45, 7) is 2.97. The van der Waals surface area contributed by atoms with Crippen LogP contribution in [-0.4, -0.2) is 35.0 Å². The van der Waals surface area contributed by atoms with E-state index in [-0.39, 0.29) is 5.91 Å². The number of aromatic nitrogens is 1. The fourth-order valence-electron chi connectivity index (χ4n) is 2.09. The van der Waals surface area contributed by atoms with Crippen LogP contribution in [0.3, 0.4) is 0 Å². The van der Waals surface area contributed by atoms with Gasteiger partial charge in [0.15, 0.2) is 0 Å². The molecule has 1 fully saturated rings.